The van der Waals surface area contributed by atoms with Gasteiger partial charge in [-0.1, -0.05) is 42.5 Å². The quantitative estimate of drug-likeness (QED) is 0.377. The molecule has 1 atom stereocenters. The summed E-state index contributed by atoms with van der Waals surface area (Å²) >= 11 is 5.32. The fourth-order valence-electron chi connectivity index (χ4n) is 3.86. The lowest BCUT2D eigenvalue weighted by Gasteiger charge is -2.14. The molecule has 1 fully saturated rings. The van der Waals surface area contributed by atoms with Gasteiger partial charge in [0.1, 0.15) is 5.75 Å². The first-order chi connectivity index (χ1) is 17.6. The van der Waals surface area contributed by atoms with Gasteiger partial charge < -0.3 is 20.1 Å². The van der Waals surface area contributed by atoms with Crippen LogP contribution >= 0.6 is 12.2 Å². The van der Waals surface area contributed by atoms with Gasteiger partial charge in [-0.05, 0) is 67.0 Å². The number of para-hydroxylation sites is 1. The summed E-state index contributed by atoms with van der Waals surface area (Å²) < 4.78 is 11.4. The van der Waals surface area contributed by atoms with E-state index in [1.807, 2.05) is 36.4 Å². The van der Waals surface area contributed by atoms with Gasteiger partial charge in [-0.25, -0.2) is 0 Å². The molecule has 2 amide bonds. The number of hydrogen-bond donors (Lipinski definition) is 3. The molecular formula is C28H29N3O4S. The zero-order chi connectivity index (χ0) is 25.2. The highest BCUT2D eigenvalue weighted by molar-refractivity contribution is 7.80. The van der Waals surface area contributed by atoms with Crippen molar-refractivity contribution in [3.8, 4) is 5.75 Å². The van der Waals surface area contributed by atoms with Gasteiger partial charge >= 0.3 is 0 Å². The standard InChI is InChI=1S/C28H29N3O4S/c32-26(29-19-23-9-6-17-34-23)21-12-14-22(15-13-21)30-28(36)31-27(33)24-10-4-5-11-25(24)35-18-16-20-7-2-1-3-8-20/h1-5,7-8,10-15,23H,6,9,16-19H2,(H,29,32)(H2,30,31,33,36). The van der Waals surface area contributed by atoms with E-state index >= 15 is 0 Å². The topological polar surface area (TPSA) is 88.7 Å². The summed E-state index contributed by atoms with van der Waals surface area (Å²) in [5, 5.41) is 8.71. The molecule has 0 aliphatic carbocycles. The van der Waals surface area contributed by atoms with Crippen LogP contribution in [0.15, 0.2) is 78.9 Å². The first-order valence-corrected chi connectivity index (χ1v) is 12.4. The fourth-order valence-corrected chi connectivity index (χ4v) is 4.07. The zero-order valence-electron chi connectivity index (χ0n) is 19.9. The molecule has 0 saturated carbocycles. The van der Waals surface area contributed by atoms with Gasteiger partial charge in [-0.3, -0.25) is 14.9 Å². The number of benzene rings is 3. The van der Waals surface area contributed by atoms with E-state index in [0.717, 1.165) is 31.4 Å². The van der Waals surface area contributed by atoms with Gasteiger partial charge in [-0.15, -0.1) is 0 Å². The molecule has 36 heavy (non-hydrogen) atoms. The number of thiocarbonyl (C=S) groups is 1. The van der Waals surface area contributed by atoms with Crippen molar-refractivity contribution in [1.29, 1.82) is 0 Å². The number of carbonyl (C=O) groups is 2. The average molecular weight is 504 g/mol. The van der Waals surface area contributed by atoms with Crippen molar-refractivity contribution in [3.63, 3.8) is 0 Å². The molecular weight excluding hydrogens is 474 g/mol. The van der Waals surface area contributed by atoms with Crippen LogP contribution in [-0.4, -0.2) is 42.8 Å². The lowest BCUT2D eigenvalue weighted by molar-refractivity contribution is 0.0857. The first kappa shape index (κ1) is 25.3. The maximum Gasteiger partial charge on any atom is 0.261 e. The smallest absolute Gasteiger partial charge is 0.261 e. The molecule has 3 N–H and O–H groups in total. The number of anilines is 1. The second kappa shape index (κ2) is 12.8. The van der Waals surface area contributed by atoms with Crippen LogP contribution in [-0.2, 0) is 11.2 Å². The Bertz CT molecular complexity index is 1180. The van der Waals surface area contributed by atoms with Crippen molar-refractivity contribution in [2.45, 2.75) is 25.4 Å². The third kappa shape index (κ3) is 7.37. The molecule has 1 aliphatic rings. The van der Waals surface area contributed by atoms with Crippen LogP contribution in [0, 0.1) is 0 Å². The van der Waals surface area contributed by atoms with Crippen LogP contribution in [0.5, 0.6) is 5.75 Å². The van der Waals surface area contributed by atoms with Crippen LogP contribution in [0.3, 0.4) is 0 Å². The van der Waals surface area contributed by atoms with E-state index < -0.39 is 0 Å². The van der Waals surface area contributed by atoms with Gasteiger partial charge in [0.15, 0.2) is 5.11 Å². The van der Waals surface area contributed by atoms with Gasteiger partial charge in [0.2, 0.25) is 0 Å². The number of hydrogen-bond acceptors (Lipinski definition) is 5. The molecule has 8 heteroatoms. The predicted molar refractivity (Wildman–Crippen MR) is 144 cm³/mol. The van der Waals surface area contributed by atoms with Gasteiger partial charge in [0, 0.05) is 30.8 Å². The third-order valence-corrected chi connectivity index (χ3v) is 5.97. The maximum atomic E-state index is 12.8. The fraction of sp³-hybridized carbons (Fsp3) is 0.250. The molecule has 1 heterocycles. The van der Waals surface area contributed by atoms with Gasteiger partial charge in [0.05, 0.1) is 18.3 Å². The van der Waals surface area contributed by atoms with E-state index in [9.17, 15) is 9.59 Å². The predicted octanol–water partition coefficient (Wildman–Crippen LogP) is 4.34. The summed E-state index contributed by atoms with van der Waals surface area (Å²) in [6.07, 6.45) is 2.83. The summed E-state index contributed by atoms with van der Waals surface area (Å²) in [5.74, 6) is -0.0307. The van der Waals surface area contributed by atoms with Crippen LogP contribution < -0.4 is 20.7 Å². The Morgan fingerprint density at radius 1 is 0.944 bits per heavy atom. The minimum Gasteiger partial charge on any atom is -0.492 e. The van der Waals surface area contributed by atoms with Gasteiger partial charge in [-0.2, -0.15) is 0 Å². The van der Waals surface area contributed by atoms with Crippen molar-refractivity contribution in [2.24, 2.45) is 0 Å². The number of nitrogens with one attached hydrogen (secondary N) is 3. The maximum absolute atomic E-state index is 12.8. The normalized spacial score (nSPS) is 14.6. The molecule has 3 aromatic carbocycles. The zero-order valence-corrected chi connectivity index (χ0v) is 20.7. The molecule has 1 aliphatic heterocycles. The Labute approximate surface area is 216 Å². The van der Waals surface area contributed by atoms with Gasteiger partial charge in [0.25, 0.3) is 11.8 Å². The second-order valence-electron chi connectivity index (χ2n) is 8.41. The summed E-state index contributed by atoms with van der Waals surface area (Å²) in [6, 6.07) is 24.0. The molecule has 1 unspecified atom stereocenters. The van der Waals surface area contributed by atoms with E-state index in [-0.39, 0.29) is 23.0 Å². The minimum absolute atomic E-state index is 0.0928. The number of ether oxygens (including phenoxy) is 2. The SMILES string of the molecule is O=C(NCC1CCCO1)c1ccc(NC(=S)NC(=O)c2ccccc2OCCc2ccccc2)cc1. The highest BCUT2D eigenvalue weighted by atomic mass is 32.1. The summed E-state index contributed by atoms with van der Waals surface area (Å²) in [4.78, 5) is 25.2. The molecule has 0 radical (unpaired) electrons. The number of carbonyl (C=O) groups excluding carboxylic acids is 2. The molecule has 3 aromatic rings. The van der Waals surface area contributed by atoms with Crippen molar-refractivity contribution in [2.75, 3.05) is 25.1 Å². The van der Waals surface area contributed by atoms with Crippen LogP contribution in [0.2, 0.25) is 0 Å². The largest absolute Gasteiger partial charge is 0.492 e. The number of rotatable bonds is 9. The summed E-state index contributed by atoms with van der Waals surface area (Å²) in [6.45, 7) is 1.71. The van der Waals surface area contributed by atoms with E-state index in [0.29, 0.717) is 35.7 Å². The number of amides is 2. The highest BCUT2D eigenvalue weighted by Gasteiger charge is 2.17. The Hall–Kier alpha value is -3.75. The molecule has 7 nitrogen and oxygen atoms in total. The average Bonchev–Trinajstić information content (AvgIpc) is 3.42. The van der Waals surface area contributed by atoms with Crippen LogP contribution in [0.4, 0.5) is 5.69 Å². The molecule has 186 valence electrons. The van der Waals surface area contributed by atoms with Crippen molar-refractivity contribution >= 4 is 34.8 Å². The highest BCUT2D eigenvalue weighted by Crippen LogP contribution is 2.19. The molecule has 4 rings (SSSR count). The second-order valence-corrected chi connectivity index (χ2v) is 8.82. The third-order valence-electron chi connectivity index (χ3n) is 5.77. The Kier molecular flexibility index (Phi) is 9.02. The first-order valence-electron chi connectivity index (χ1n) is 12.0. The van der Waals surface area contributed by atoms with Crippen molar-refractivity contribution < 1.29 is 19.1 Å². The summed E-state index contributed by atoms with van der Waals surface area (Å²) in [5.41, 5.74) is 2.75. The lowest BCUT2D eigenvalue weighted by atomic mass is 10.1. The van der Waals surface area contributed by atoms with E-state index in [1.54, 1.807) is 42.5 Å². The molecule has 0 spiro atoms. The Morgan fingerprint density at radius 3 is 2.44 bits per heavy atom. The molecule has 1 saturated heterocycles. The Morgan fingerprint density at radius 2 is 1.69 bits per heavy atom. The molecule has 0 bridgehead atoms. The van der Waals surface area contributed by atoms with Crippen LogP contribution in [0.1, 0.15) is 39.1 Å². The van der Waals surface area contributed by atoms with E-state index in [4.69, 9.17) is 21.7 Å². The van der Waals surface area contributed by atoms with E-state index in [1.165, 1.54) is 0 Å². The monoisotopic (exact) mass is 503 g/mol. The van der Waals surface area contributed by atoms with Crippen LogP contribution in [0.25, 0.3) is 0 Å². The van der Waals surface area contributed by atoms with Crippen molar-refractivity contribution in [3.05, 3.63) is 95.6 Å². The molecule has 0 aromatic heterocycles. The van der Waals surface area contributed by atoms with E-state index in [2.05, 4.69) is 16.0 Å². The summed E-state index contributed by atoms with van der Waals surface area (Å²) in [7, 11) is 0. The van der Waals surface area contributed by atoms with Crippen molar-refractivity contribution in [1.82, 2.24) is 10.6 Å². The Balaban J connectivity index is 1.26. The lowest BCUT2D eigenvalue weighted by Crippen LogP contribution is -2.34. The minimum atomic E-state index is -0.368.